The van der Waals surface area contributed by atoms with Gasteiger partial charge in [0, 0.05) is 19.6 Å². The third kappa shape index (κ3) is 5.03. The van der Waals surface area contributed by atoms with Crippen molar-refractivity contribution in [3.63, 3.8) is 0 Å². The van der Waals surface area contributed by atoms with E-state index >= 15 is 0 Å². The molecular weight excluding hydrogens is 462 g/mol. The Morgan fingerprint density at radius 1 is 1.03 bits per heavy atom. The van der Waals surface area contributed by atoms with Crippen LogP contribution in [0.25, 0.3) is 11.1 Å². The number of fused-ring (bicyclic) bond motifs is 1. The van der Waals surface area contributed by atoms with Gasteiger partial charge >= 0.3 is 6.01 Å². The summed E-state index contributed by atoms with van der Waals surface area (Å²) in [6, 6.07) is 12.3. The summed E-state index contributed by atoms with van der Waals surface area (Å²) in [5, 5.41) is 9.85. The monoisotopic (exact) mass is 493 g/mol. The summed E-state index contributed by atoms with van der Waals surface area (Å²) in [5.41, 5.74) is 4.98. The fourth-order valence-corrected chi connectivity index (χ4v) is 4.65. The van der Waals surface area contributed by atoms with E-state index in [1.165, 1.54) is 0 Å². The predicted octanol–water partition coefficient (Wildman–Crippen LogP) is 3.39. The summed E-state index contributed by atoms with van der Waals surface area (Å²) in [5.74, 6) is 2.34. The van der Waals surface area contributed by atoms with Crippen LogP contribution in [0.3, 0.4) is 0 Å². The molecule has 1 saturated heterocycles. The number of aliphatic hydroxyl groups excluding tert-OH is 1. The number of aromatic nitrogens is 2. The van der Waals surface area contributed by atoms with Crippen molar-refractivity contribution in [1.29, 1.82) is 0 Å². The van der Waals surface area contributed by atoms with Gasteiger partial charge in [-0.15, -0.1) is 0 Å². The molecule has 1 N–H and O–H groups in total. The molecule has 1 aromatic heterocycles. The molecule has 2 aliphatic rings. The van der Waals surface area contributed by atoms with Crippen LogP contribution >= 0.6 is 0 Å². The van der Waals surface area contributed by atoms with Crippen molar-refractivity contribution < 1.29 is 28.8 Å². The lowest BCUT2D eigenvalue weighted by molar-refractivity contribution is 0.171. The van der Waals surface area contributed by atoms with Crippen LogP contribution < -0.4 is 23.7 Å². The maximum Gasteiger partial charge on any atom is 0.323 e. The highest BCUT2D eigenvalue weighted by molar-refractivity contribution is 5.71. The standard InChI is InChI=1S/C27H31N3O6/c1-17-19(5-4-6-21(17)18-7-8-23-24(13-18)35-12-11-34-23)16-36-27-28-25(32-2)22(26(29-27)33-3)15-30-10-9-20(31)14-30/h4-8,13,20,31H,9-12,14-16H2,1-3H3/t20-/m1/s1. The molecule has 1 atom stereocenters. The van der Waals surface area contributed by atoms with Crippen LogP contribution in [0, 0.1) is 6.92 Å². The Balaban J connectivity index is 1.35. The predicted molar refractivity (Wildman–Crippen MR) is 133 cm³/mol. The van der Waals surface area contributed by atoms with Crippen molar-refractivity contribution in [2.24, 2.45) is 0 Å². The Kier molecular flexibility index (Phi) is 7.11. The molecule has 0 radical (unpaired) electrons. The zero-order chi connectivity index (χ0) is 25.1. The van der Waals surface area contributed by atoms with E-state index in [1.54, 1.807) is 14.2 Å². The second-order valence-corrected chi connectivity index (χ2v) is 8.92. The molecule has 9 heteroatoms. The molecule has 3 aromatic rings. The smallest absolute Gasteiger partial charge is 0.323 e. The van der Waals surface area contributed by atoms with E-state index in [4.69, 9.17) is 23.7 Å². The number of ether oxygens (including phenoxy) is 5. The average Bonchev–Trinajstić information content (AvgIpc) is 3.32. The topological polar surface area (TPSA) is 95.4 Å². The van der Waals surface area contributed by atoms with E-state index in [9.17, 15) is 5.11 Å². The molecule has 36 heavy (non-hydrogen) atoms. The van der Waals surface area contributed by atoms with Gasteiger partial charge < -0.3 is 28.8 Å². The lowest BCUT2D eigenvalue weighted by Crippen LogP contribution is -2.22. The number of methoxy groups -OCH3 is 2. The molecule has 0 spiro atoms. The average molecular weight is 494 g/mol. The van der Waals surface area contributed by atoms with Crippen molar-refractivity contribution >= 4 is 0 Å². The third-order valence-electron chi connectivity index (χ3n) is 6.58. The van der Waals surface area contributed by atoms with Gasteiger partial charge in [-0.1, -0.05) is 24.3 Å². The van der Waals surface area contributed by atoms with Crippen LogP contribution in [-0.4, -0.2) is 66.6 Å². The Hall–Kier alpha value is -3.56. The van der Waals surface area contributed by atoms with Gasteiger partial charge in [0.05, 0.1) is 25.9 Å². The summed E-state index contributed by atoms with van der Waals surface area (Å²) in [6.07, 6.45) is 0.434. The van der Waals surface area contributed by atoms with E-state index in [1.807, 2.05) is 30.3 Å². The quantitative estimate of drug-likeness (QED) is 0.507. The second-order valence-electron chi connectivity index (χ2n) is 8.92. The van der Waals surface area contributed by atoms with Crippen LogP contribution in [-0.2, 0) is 13.2 Å². The zero-order valence-electron chi connectivity index (χ0n) is 20.8. The molecule has 0 saturated carbocycles. The Morgan fingerprint density at radius 3 is 2.47 bits per heavy atom. The molecule has 0 amide bonds. The number of benzene rings is 2. The maximum atomic E-state index is 9.85. The molecule has 0 bridgehead atoms. The van der Waals surface area contributed by atoms with Crippen molar-refractivity contribution in [1.82, 2.24) is 14.9 Å². The minimum atomic E-state index is -0.313. The molecular formula is C27H31N3O6. The first kappa shape index (κ1) is 24.1. The Bertz CT molecular complexity index is 1210. The Labute approximate surface area is 210 Å². The van der Waals surface area contributed by atoms with Crippen molar-refractivity contribution in [2.45, 2.75) is 32.6 Å². The summed E-state index contributed by atoms with van der Waals surface area (Å²) in [4.78, 5) is 11.1. The van der Waals surface area contributed by atoms with Crippen LogP contribution in [0.5, 0.6) is 29.3 Å². The Morgan fingerprint density at radius 2 is 1.78 bits per heavy atom. The third-order valence-corrected chi connectivity index (χ3v) is 6.58. The van der Waals surface area contributed by atoms with Gasteiger partial charge in [0.25, 0.3) is 0 Å². The summed E-state index contributed by atoms with van der Waals surface area (Å²) in [7, 11) is 3.13. The number of β-amino-alcohol motifs (C(OH)–C–C–N with tert-alkyl or cyclic N) is 1. The van der Waals surface area contributed by atoms with Crippen molar-refractivity contribution in [3.05, 3.63) is 53.1 Å². The van der Waals surface area contributed by atoms with E-state index in [-0.39, 0.29) is 18.7 Å². The lowest BCUT2D eigenvalue weighted by atomic mass is 9.96. The molecule has 9 nitrogen and oxygen atoms in total. The first-order chi connectivity index (χ1) is 17.6. The van der Waals surface area contributed by atoms with E-state index in [0.717, 1.165) is 52.3 Å². The normalized spacial score (nSPS) is 17.2. The fraction of sp³-hybridized carbons (Fsp3) is 0.407. The van der Waals surface area contributed by atoms with Gasteiger partial charge in [-0.2, -0.15) is 9.97 Å². The maximum absolute atomic E-state index is 9.85. The molecule has 3 heterocycles. The molecule has 2 aliphatic heterocycles. The second kappa shape index (κ2) is 10.6. The van der Waals surface area contributed by atoms with Crippen molar-refractivity contribution in [2.75, 3.05) is 40.5 Å². The number of aliphatic hydroxyl groups is 1. The highest BCUT2D eigenvalue weighted by Gasteiger charge is 2.25. The molecule has 0 aliphatic carbocycles. The van der Waals surface area contributed by atoms with E-state index in [0.29, 0.717) is 38.1 Å². The summed E-state index contributed by atoms with van der Waals surface area (Å²) in [6.45, 7) is 5.40. The van der Waals surface area contributed by atoms with Crippen LogP contribution in [0.2, 0.25) is 0 Å². The fourth-order valence-electron chi connectivity index (χ4n) is 4.65. The molecule has 0 unspecified atom stereocenters. The largest absolute Gasteiger partial charge is 0.486 e. The van der Waals surface area contributed by atoms with Crippen LogP contribution in [0.1, 0.15) is 23.1 Å². The molecule has 5 rings (SSSR count). The number of rotatable bonds is 8. The lowest BCUT2D eigenvalue weighted by Gasteiger charge is -2.20. The van der Waals surface area contributed by atoms with Gasteiger partial charge in [0.15, 0.2) is 11.5 Å². The number of hydrogen-bond acceptors (Lipinski definition) is 9. The summed E-state index contributed by atoms with van der Waals surface area (Å²) < 4.78 is 28.5. The van der Waals surface area contributed by atoms with Gasteiger partial charge in [0.1, 0.15) is 19.8 Å². The van der Waals surface area contributed by atoms with Crippen LogP contribution in [0.15, 0.2) is 36.4 Å². The zero-order valence-corrected chi connectivity index (χ0v) is 20.8. The number of hydrogen-bond donors (Lipinski definition) is 1. The summed E-state index contributed by atoms with van der Waals surface area (Å²) >= 11 is 0. The van der Waals surface area contributed by atoms with Gasteiger partial charge in [-0.05, 0) is 47.7 Å². The highest BCUT2D eigenvalue weighted by Crippen LogP contribution is 2.36. The van der Waals surface area contributed by atoms with Crippen LogP contribution in [0.4, 0.5) is 0 Å². The minimum Gasteiger partial charge on any atom is -0.486 e. The molecule has 1 fully saturated rings. The van der Waals surface area contributed by atoms with Crippen molar-refractivity contribution in [3.8, 4) is 40.4 Å². The first-order valence-electron chi connectivity index (χ1n) is 12.1. The minimum absolute atomic E-state index is 0.179. The molecule has 190 valence electrons. The van der Waals surface area contributed by atoms with Gasteiger partial charge in [-0.25, -0.2) is 0 Å². The SMILES string of the molecule is COc1nc(OCc2cccc(-c3ccc4c(c3)OCCO4)c2C)nc(OC)c1CN1CC[C@@H](O)C1. The van der Waals surface area contributed by atoms with Gasteiger partial charge in [0.2, 0.25) is 11.8 Å². The van der Waals surface area contributed by atoms with E-state index in [2.05, 4.69) is 27.9 Å². The number of nitrogens with zero attached hydrogens (tertiary/aromatic N) is 3. The molecule has 2 aromatic carbocycles. The van der Waals surface area contributed by atoms with E-state index < -0.39 is 0 Å². The number of likely N-dealkylation sites (tertiary alicyclic amines) is 1. The first-order valence-corrected chi connectivity index (χ1v) is 12.1. The highest BCUT2D eigenvalue weighted by atomic mass is 16.6. The van der Waals surface area contributed by atoms with Gasteiger partial charge in [-0.3, -0.25) is 4.90 Å².